The molecule has 9 heteroatoms. The summed E-state index contributed by atoms with van der Waals surface area (Å²) < 4.78 is 7.36. The number of benzene rings is 2. The number of hydrogen-bond donors (Lipinski definition) is 2. The number of morpholine rings is 1. The molecule has 4 unspecified atom stereocenters. The maximum absolute atomic E-state index is 13.1. The lowest BCUT2D eigenvalue weighted by atomic mass is 9.71. The van der Waals surface area contributed by atoms with E-state index in [-0.39, 0.29) is 30.0 Å². The average Bonchev–Trinajstić information content (AvgIpc) is 3.45. The van der Waals surface area contributed by atoms with Gasteiger partial charge in [0.05, 0.1) is 31.6 Å². The van der Waals surface area contributed by atoms with E-state index in [1.807, 2.05) is 65.5 Å². The van der Waals surface area contributed by atoms with Crippen molar-refractivity contribution in [1.82, 2.24) is 30.5 Å². The largest absolute Gasteiger partial charge is 0.379 e. The highest BCUT2D eigenvalue weighted by Crippen LogP contribution is 2.39. The van der Waals surface area contributed by atoms with Crippen LogP contribution < -0.4 is 10.6 Å². The van der Waals surface area contributed by atoms with Gasteiger partial charge in [-0.1, -0.05) is 54.1 Å². The molecule has 0 radical (unpaired) electrons. The lowest BCUT2D eigenvalue weighted by Gasteiger charge is -2.47. The van der Waals surface area contributed by atoms with E-state index >= 15 is 0 Å². The number of ether oxygens (including phenoxy) is 1. The molecule has 6 rings (SSSR count). The van der Waals surface area contributed by atoms with Crippen molar-refractivity contribution in [2.75, 3.05) is 26.3 Å². The van der Waals surface area contributed by atoms with Gasteiger partial charge in [-0.2, -0.15) is 0 Å². The molecule has 0 spiro atoms. The number of carbonyl (C=O) groups excluding carboxylic acids is 2. The van der Waals surface area contributed by atoms with Crippen molar-refractivity contribution in [3.63, 3.8) is 0 Å². The number of rotatable bonds is 7. The van der Waals surface area contributed by atoms with Gasteiger partial charge in [-0.3, -0.25) is 19.8 Å². The predicted octanol–water partition coefficient (Wildman–Crippen LogP) is 2.73. The number of amides is 1. The molecule has 39 heavy (non-hydrogen) atoms. The minimum atomic E-state index is -0.101. The number of aromatic nitrogens is 3. The number of ketones is 1. The van der Waals surface area contributed by atoms with E-state index in [2.05, 4.69) is 25.8 Å². The van der Waals surface area contributed by atoms with Crippen LogP contribution in [-0.2, 0) is 22.6 Å². The van der Waals surface area contributed by atoms with Crippen LogP contribution in [0.2, 0.25) is 0 Å². The molecule has 9 nitrogen and oxygen atoms in total. The molecule has 2 N–H and O–H groups in total. The Kier molecular flexibility index (Phi) is 7.81. The molecule has 1 aliphatic carbocycles. The first kappa shape index (κ1) is 25.9. The average molecular weight is 529 g/mol. The van der Waals surface area contributed by atoms with Crippen LogP contribution in [0, 0.1) is 5.92 Å². The first-order chi connectivity index (χ1) is 19.1. The maximum atomic E-state index is 13.1. The molecule has 2 saturated heterocycles. The van der Waals surface area contributed by atoms with Gasteiger partial charge in [0.15, 0.2) is 0 Å². The molecule has 1 saturated carbocycles. The Labute approximate surface area is 228 Å². The van der Waals surface area contributed by atoms with E-state index in [1.54, 1.807) is 0 Å². The molecule has 3 aromatic rings. The van der Waals surface area contributed by atoms with Gasteiger partial charge in [0.2, 0.25) is 0 Å². The van der Waals surface area contributed by atoms with E-state index in [9.17, 15) is 9.59 Å². The second kappa shape index (κ2) is 11.8. The topological polar surface area (TPSA) is 101 Å². The quantitative estimate of drug-likeness (QED) is 0.486. The predicted molar refractivity (Wildman–Crippen MR) is 146 cm³/mol. The van der Waals surface area contributed by atoms with Crippen LogP contribution in [0.15, 0.2) is 60.8 Å². The Bertz CT molecular complexity index is 1290. The van der Waals surface area contributed by atoms with Crippen LogP contribution in [0.5, 0.6) is 0 Å². The van der Waals surface area contributed by atoms with Crippen molar-refractivity contribution < 1.29 is 14.3 Å². The first-order valence-corrected chi connectivity index (χ1v) is 14.1. The Morgan fingerprint density at radius 1 is 1.03 bits per heavy atom. The minimum absolute atomic E-state index is 0.0391. The molecular formula is C30H36N6O3. The second-order valence-corrected chi connectivity index (χ2v) is 10.9. The van der Waals surface area contributed by atoms with Crippen molar-refractivity contribution >= 4 is 11.7 Å². The molecule has 1 amide bonds. The summed E-state index contributed by atoms with van der Waals surface area (Å²) in [4.78, 5) is 28.2. The fourth-order valence-corrected chi connectivity index (χ4v) is 6.31. The van der Waals surface area contributed by atoms with Crippen LogP contribution in [-0.4, -0.2) is 70.1 Å². The lowest BCUT2D eigenvalue weighted by molar-refractivity contribution is -0.131. The van der Waals surface area contributed by atoms with E-state index in [0.717, 1.165) is 49.2 Å². The van der Waals surface area contributed by atoms with Crippen LogP contribution in [0.4, 0.5) is 0 Å². The molecule has 2 aromatic carbocycles. The third-order valence-corrected chi connectivity index (χ3v) is 8.34. The standard InChI is InChI=1S/C30H36N6O3/c37-27-17-28(35-12-14-39-15-13-35)32-29-24(10-5-11-25(27)29)26-20-36(34-33-26)19-22-8-4-9-23(16-22)30(38)31-18-21-6-2-1-3-7-21/h1-4,6-9,16,20,24-25,28-29,32H,5,10-15,17-19H2,(H,31,38). The third-order valence-electron chi connectivity index (χ3n) is 8.34. The van der Waals surface area contributed by atoms with Crippen molar-refractivity contribution in [1.29, 1.82) is 0 Å². The number of fused-ring (bicyclic) bond motifs is 1. The summed E-state index contributed by atoms with van der Waals surface area (Å²) in [7, 11) is 0. The van der Waals surface area contributed by atoms with E-state index in [0.29, 0.717) is 44.1 Å². The highest BCUT2D eigenvalue weighted by molar-refractivity contribution is 5.94. The van der Waals surface area contributed by atoms with E-state index in [4.69, 9.17) is 4.74 Å². The van der Waals surface area contributed by atoms with Gasteiger partial charge >= 0.3 is 0 Å². The fraction of sp³-hybridized carbons (Fsp3) is 0.467. The smallest absolute Gasteiger partial charge is 0.251 e. The number of Topliss-reactive ketones (excluding diaryl/α,β-unsaturated/α-hetero) is 1. The first-order valence-electron chi connectivity index (χ1n) is 14.1. The Morgan fingerprint density at radius 2 is 1.82 bits per heavy atom. The number of nitrogens with one attached hydrogen (secondary N) is 2. The van der Waals surface area contributed by atoms with Gasteiger partial charge < -0.3 is 10.1 Å². The maximum Gasteiger partial charge on any atom is 0.251 e. The monoisotopic (exact) mass is 528 g/mol. The normalized spacial score (nSPS) is 25.7. The van der Waals surface area contributed by atoms with Crippen molar-refractivity contribution in [3.05, 3.63) is 83.2 Å². The number of carbonyl (C=O) groups is 2. The third kappa shape index (κ3) is 5.95. The van der Waals surface area contributed by atoms with Gasteiger partial charge in [-0.05, 0) is 36.1 Å². The summed E-state index contributed by atoms with van der Waals surface area (Å²) in [5.41, 5.74) is 3.61. The van der Waals surface area contributed by atoms with Crippen LogP contribution >= 0.6 is 0 Å². The SMILES string of the molecule is O=C(NCc1ccccc1)c1cccc(Cn2cc(C3CCCC4C(=O)CC(N5CCOCC5)NC43)nn2)c1. The molecule has 3 heterocycles. The molecule has 0 bridgehead atoms. The fourth-order valence-electron chi connectivity index (χ4n) is 6.31. The summed E-state index contributed by atoms with van der Waals surface area (Å²) >= 11 is 0. The summed E-state index contributed by atoms with van der Waals surface area (Å²) in [5, 5.41) is 15.8. The molecular weight excluding hydrogens is 492 g/mol. The zero-order chi connectivity index (χ0) is 26.6. The van der Waals surface area contributed by atoms with Crippen LogP contribution in [0.3, 0.4) is 0 Å². The Balaban J connectivity index is 1.12. The number of hydrogen-bond acceptors (Lipinski definition) is 7. The zero-order valence-electron chi connectivity index (χ0n) is 22.2. The number of piperidine rings is 1. The zero-order valence-corrected chi connectivity index (χ0v) is 22.2. The molecule has 3 aliphatic rings. The van der Waals surface area contributed by atoms with Crippen LogP contribution in [0.25, 0.3) is 0 Å². The Morgan fingerprint density at radius 3 is 2.67 bits per heavy atom. The van der Waals surface area contributed by atoms with Crippen LogP contribution in [0.1, 0.15) is 58.8 Å². The second-order valence-electron chi connectivity index (χ2n) is 10.9. The van der Waals surface area contributed by atoms with Gasteiger partial charge in [0.1, 0.15) is 5.78 Å². The molecule has 4 atom stereocenters. The lowest BCUT2D eigenvalue weighted by Crippen LogP contribution is -2.62. The van der Waals surface area contributed by atoms with Gasteiger partial charge in [-0.15, -0.1) is 5.10 Å². The van der Waals surface area contributed by atoms with Gasteiger partial charge in [-0.25, -0.2) is 4.68 Å². The highest BCUT2D eigenvalue weighted by Gasteiger charge is 2.45. The molecule has 1 aromatic heterocycles. The number of nitrogens with zero attached hydrogens (tertiary/aromatic N) is 4. The molecule has 2 aliphatic heterocycles. The summed E-state index contributed by atoms with van der Waals surface area (Å²) in [6.07, 6.45) is 5.60. The highest BCUT2D eigenvalue weighted by atomic mass is 16.5. The van der Waals surface area contributed by atoms with Gasteiger partial charge in [0, 0.05) is 55.7 Å². The Hall–Kier alpha value is -3.40. The summed E-state index contributed by atoms with van der Waals surface area (Å²) in [6.45, 7) is 4.15. The van der Waals surface area contributed by atoms with Gasteiger partial charge in [0.25, 0.3) is 5.91 Å². The van der Waals surface area contributed by atoms with E-state index in [1.165, 1.54) is 0 Å². The minimum Gasteiger partial charge on any atom is -0.379 e. The summed E-state index contributed by atoms with van der Waals surface area (Å²) in [5.74, 6) is 0.462. The molecule has 3 fully saturated rings. The molecule has 204 valence electrons. The van der Waals surface area contributed by atoms with Crippen molar-refractivity contribution in [2.45, 2.75) is 56.9 Å². The summed E-state index contributed by atoms with van der Waals surface area (Å²) in [6, 6.07) is 17.6. The van der Waals surface area contributed by atoms with Crippen molar-refractivity contribution in [2.24, 2.45) is 5.92 Å². The van der Waals surface area contributed by atoms with Crippen molar-refractivity contribution in [3.8, 4) is 0 Å². The van der Waals surface area contributed by atoms with E-state index < -0.39 is 0 Å².